The fourth-order valence-electron chi connectivity index (χ4n) is 3.75. The molecule has 2 aromatic heterocycles. The number of ketones is 1. The fraction of sp³-hybridized carbons (Fsp3) is 0.167. The molecule has 0 aliphatic rings. The smallest absolute Gasteiger partial charge is 0.339 e. The number of halogens is 1. The summed E-state index contributed by atoms with van der Waals surface area (Å²) in [6.07, 6.45) is -0.159. The Morgan fingerprint density at radius 3 is 2.61 bits per heavy atom. The number of imidazole rings is 1. The number of methoxy groups -OCH3 is 1. The van der Waals surface area contributed by atoms with Gasteiger partial charge < -0.3 is 20.0 Å². The molecular weight excluding hydrogens is 427 g/mol. The molecule has 0 bridgehead atoms. The Balaban J connectivity index is 1.57. The number of benzene rings is 2. The average molecular weight is 448 g/mol. The number of ether oxygens (including phenoxy) is 1. The first-order valence-electron chi connectivity index (χ1n) is 10.1. The number of anilines is 1. The summed E-state index contributed by atoms with van der Waals surface area (Å²) in [6.45, 7) is 3.00. The molecule has 4 aromatic rings. The molecule has 8 nitrogen and oxygen atoms in total. The lowest BCUT2D eigenvalue weighted by Gasteiger charge is -2.06. The van der Waals surface area contributed by atoms with Crippen LogP contribution in [0.4, 0.5) is 10.1 Å². The Labute approximate surface area is 188 Å². The highest BCUT2D eigenvalue weighted by atomic mass is 19.1. The zero-order valence-corrected chi connectivity index (χ0v) is 18.2. The molecule has 0 radical (unpaired) electrons. The van der Waals surface area contributed by atoms with E-state index in [4.69, 9.17) is 4.74 Å². The molecule has 168 valence electrons. The molecule has 0 aliphatic carbocycles. The van der Waals surface area contributed by atoms with E-state index in [1.165, 1.54) is 26.2 Å². The van der Waals surface area contributed by atoms with Crippen molar-refractivity contribution in [3.63, 3.8) is 0 Å². The second-order valence-corrected chi connectivity index (χ2v) is 7.58. The van der Waals surface area contributed by atoms with Gasteiger partial charge in [-0.05, 0) is 42.8 Å². The Morgan fingerprint density at radius 2 is 1.91 bits per heavy atom. The molecule has 4 rings (SSSR count). The summed E-state index contributed by atoms with van der Waals surface area (Å²) >= 11 is 0. The molecule has 0 saturated heterocycles. The molecule has 0 atom stereocenters. The minimum Gasteiger partial charge on any atom is -0.465 e. The predicted octanol–water partition coefficient (Wildman–Crippen LogP) is 4.18. The average Bonchev–Trinajstić information content (AvgIpc) is 3.34. The lowest BCUT2D eigenvalue weighted by molar-refractivity contribution is -0.115. The molecule has 3 N–H and O–H groups in total. The second-order valence-electron chi connectivity index (χ2n) is 7.58. The van der Waals surface area contributed by atoms with E-state index >= 15 is 0 Å². The van der Waals surface area contributed by atoms with Crippen molar-refractivity contribution < 1.29 is 23.5 Å². The maximum Gasteiger partial charge on any atom is 0.339 e. The summed E-state index contributed by atoms with van der Waals surface area (Å²) in [5.41, 5.74) is 3.64. The van der Waals surface area contributed by atoms with Crippen LogP contribution < -0.4 is 5.32 Å². The van der Waals surface area contributed by atoms with Crippen molar-refractivity contribution in [2.75, 3.05) is 12.4 Å². The second kappa shape index (κ2) is 8.70. The molecule has 0 fully saturated rings. The Bertz CT molecular complexity index is 1400. The van der Waals surface area contributed by atoms with Crippen molar-refractivity contribution in [3.8, 4) is 11.4 Å². The maximum atomic E-state index is 13.5. The molecule has 0 spiro atoms. The highest BCUT2D eigenvalue weighted by molar-refractivity contribution is 6.02. The van der Waals surface area contributed by atoms with Gasteiger partial charge in [0.05, 0.1) is 35.8 Å². The summed E-state index contributed by atoms with van der Waals surface area (Å²) in [6, 6.07) is 11.2. The predicted molar refractivity (Wildman–Crippen MR) is 121 cm³/mol. The number of fused-ring (bicyclic) bond motifs is 1. The van der Waals surface area contributed by atoms with Gasteiger partial charge in [-0.15, -0.1) is 0 Å². The molecule has 9 heteroatoms. The molecule has 0 saturated carbocycles. The number of rotatable bonds is 6. The number of aromatic nitrogens is 3. The normalized spacial score (nSPS) is 10.9. The van der Waals surface area contributed by atoms with Crippen LogP contribution in [0, 0.1) is 12.7 Å². The van der Waals surface area contributed by atoms with Crippen LogP contribution in [0.15, 0.2) is 42.5 Å². The van der Waals surface area contributed by atoms with Gasteiger partial charge in [0.15, 0.2) is 5.78 Å². The van der Waals surface area contributed by atoms with Gasteiger partial charge in [-0.25, -0.2) is 14.2 Å². The fourth-order valence-corrected chi connectivity index (χ4v) is 3.75. The molecular formula is C24H21FN4O4. The van der Waals surface area contributed by atoms with E-state index in [1.54, 1.807) is 37.3 Å². The summed E-state index contributed by atoms with van der Waals surface area (Å²) < 4.78 is 18.3. The number of nitrogens with zero attached hydrogens (tertiary/aromatic N) is 1. The van der Waals surface area contributed by atoms with Gasteiger partial charge in [0.1, 0.15) is 11.6 Å². The maximum absolute atomic E-state index is 13.5. The minimum atomic E-state index is -0.622. The lowest BCUT2D eigenvalue weighted by atomic mass is 10.1. The topological polar surface area (TPSA) is 117 Å². The molecule has 33 heavy (non-hydrogen) atoms. The van der Waals surface area contributed by atoms with E-state index in [1.807, 2.05) is 0 Å². The third-order valence-corrected chi connectivity index (χ3v) is 5.27. The van der Waals surface area contributed by atoms with Crippen LogP contribution in [0.5, 0.6) is 0 Å². The van der Waals surface area contributed by atoms with Gasteiger partial charge in [0.2, 0.25) is 5.91 Å². The Morgan fingerprint density at radius 1 is 1.12 bits per heavy atom. The third kappa shape index (κ3) is 4.38. The van der Waals surface area contributed by atoms with Crippen LogP contribution in [-0.2, 0) is 16.0 Å². The third-order valence-electron chi connectivity index (χ3n) is 5.27. The van der Waals surface area contributed by atoms with Crippen LogP contribution in [0.1, 0.15) is 39.0 Å². The van der Waals surface area contributed by atoms with E-state index < -0.39 is 5.97 Å². The zero-order valence-electron chi connectivity index (χ0n) is 18.2. The SMILES string of the molecule is COC(=O)c1c(CC(=O)Nc2ccc3nc(-c4cccc(F)c4)[nH]c3c2)[nH]c(C(C)=O)c1C. The number of Topliss-reactive ketones (excluding diaryl/α,β-unsaturated/α-hetero) is 1. The standard InChI is InChI=1S/C24H21FN4O4/c1-12-21(24(32)33-3)19(27-22(12)13(2)30)11-20(31)26-16-7-8-17-18(10-16)29-23(28-17)14-5-4-6-15(25)9-14/h4-10,27H,11H2,1-3H3,(H,26,31)(H,28,29). The first-order valence-corrected chi connectivity index (χ1v) is 10.1. The van der Waals surface area contributed by atoms with Crippen molar-refractivity contribution in [2.24, 2.45) is 0 Å². The van der Waals surface area contributed by atoms with Gasteiger partial charge in [0, 0.05) is 23.9 Å². The highest BCUT2D eigenvalue weighted by Gasteiger charge is 2.24. The van der Waals surface area contributed by atoms with Gasteiger partial charge in [-0.1, -0.05) is 12.1 Å². The van der Waals surface area contributed by atoms with Crippen LogP contribution in [0.3, 0.4) is 0 Å². The van der Waals surface area contributed by atoms with Crippen molar-refractivity contribution in [2.45, 2.75) is 20.3 Å². The zero-order chi connectivity index (χ0) is 23.7. The van der Waals surface area contributed by atoms with Crippen LogP contribution in [0.25, 0.3) is 22.4 Å². The quantitative estimate of drug-likeness (QED) is 0.302. The van der Waals surface area contributed by atoms with Crippen molar-refractivity contribution in [1.82, 2.24) is 15.0 Å². The van der Waals surface area contributed by atoms with E-state index in [0.29, 0.717) is 39.4 Å². The van der Waals surface area contributed by atoms with E-state index in [0.717, 1.165) is 0 Å². The molecule has 1 amide bonds. The van der Waals surface area contributed by atoms with Gasteiger partial charge in [-0.3, -0.25) is 9.59 Å². The van der Waals surface area contributed by atoms with E-state index in [2.05, 4.69) is 20.3 Å². The minimum absolute atomic E-state index is 0.159. The number of nitrogens with one attached hydrogen (secondary N) is 3. The first kappa shape index (κ1) is 21.9. The lowest BCUT2D eigenvalue weighted by Crippen LogP contribution is -2.17. The Kier molecular flexibility index (Phi) is 5.78. The van der Waals surface area contributed by atoms with Crippen molar-refractivity contribution >= 4 is 34.4 Å². The number of amides is 1. The van der Waals surface area contributed by atoms with Gasteiger partial charge in [0.25, 0.3) is 0 Å². The number of H-pyrrole nitrogens is 2. The number of hydrogen-bond acceptors (Lipinski definition) is 5. The molecule has 2 aromatic carbocycles. The number of aromatic amines is 2. The monoisotopic (exact) mass is 448 g/mol. The molecule has 0 unspecified atom stereocenters. The van der Waals surface area contributed by atoms with Gasteiger partial charge in [-0.2, -0.15) is 0 Å². The molecule has 0 aliphatic heterocycles. The van der Waals surface area contributed by atoms with Crippen LogP contribution in [-0.4, -0.2) is 39.7 Å². The number of carbonyl (C=O) groups is 3. The summed E-state index contributed by atoms with van der Waals surface area (Å²) in [5, 5.41) is 2.78. The first-order chi connectivity index (χ1) is 15.8. The number of hydrogen-bond donors (Lipinski definition) is 3. The van der Waals surface area contributed by atoms with Crippen molar-refractivity contribution in [1.29, 1.82) is 0 Å². The highest BCUT2D eigenvalue weighted by Crippen LogP contribution is 2.24. The summed E-state index contributed by atoms with van der Waals surface area (Å²) in [7, 11) is 1.24. The van der Waals surface area contributed by atoms with E-state index in [-0.39, 0.29) is 35.2 Å². The van der Waals surface area contributed by atoms with Crippen LogP contribution >= 0.6 is 0 Å². The Hall–Kier alpha value is -4.27. The van der Waals surface area contributed by atoms with E-state index in [9.17, 15) is 18.8 Å². The van der Waals surface area contributed by atoms with Crippen molar-refractivity contribution in [3.05, 3.63) is 70.8 Å². The molecule has 2 heterocycles. The number of esters is 1. The van der Waals surface area contributed by atoms with Gasteiger partial charge >= 0.3 is 5.97 Å². The summed E-state index contributed by atoms with van der Waals surface area (Å²) in [4.78, 5) is 47.2. The largest absolute Gasteiger partial charge is 0.465 e. The summed E-state index contributed by atoms with van der Waals surface area (Å²) in [5.74, 6) is -1.11. The number of carbonyl (C=O) groups excluding carboxylic acids is 3. The van der Waals surface area contributed by atoms with Crippen LogP contribution in [0.2, 0.25) is 0 Å².